The first-order chi connectivity index (χ1) is 11.5. The number of anilines is 2. The maximum atomic E-state index is 12.1. The van der Waals surface area contributed by atoms with Gasteiger partial charge in [-0.05, 0) is 68.5 Å². The van der Waals surface area contributed by atoms with Crippen LogP contribution in [0.1, 0.15) is 24.2 Å². The summed E-state index contributed by atoms with van der Waals surface area (Å²) in [4.78, 5) is 14.4. The van der Waals surface area contributed by atoms with Crippen molar-refractivity contribution in [3.8, 4) is 0 Å². The standard InChI is InChI=1S/C18H20ClN3OS/c1-3-22(4-2)16-10-8-15(9-11-16)20-18(24)21-17(23)13-6-5-7-14(19)12-13/h5-12H,3-4H2,1-2H3,(H2,20,21,23,24). The number of halogens is 1. The predicted octanol–water partition coefficient (Wildman–Crippen LogP) is 4.31. The van der Waals surface area contributed by atoms with Gasteiger partial charge in [-0.25, -0.2) is 0 Å². The van der Waals surface area contributed by atoms with Crippen molar-refractivity contribution in [3.05, 3.63) is 59.1 Å². The van der Waals surface area contributed by atoms with Gasteiger partial charge in [0.05, 0.1) is 0 Å². The van der Waals surface area contributed by atoms with Crippen LogP contribution in [-0.2, 0) is 0 Å². The summed E-state index contributed by atoms with van der Waals surface area (Å²) >= 11 is 11.1. The summed E-state index contributed by atoms with van der Waals surface area (Å²) in [5.41, 5.74) is 2.44. The fraction of sp³-hybridized carbons (Fsp3) is 0.222. The Morgan fingerprint density at radius 1 is 1.12 bits per heavy atom. The molecule has 2 rings (SSSR count). The Kier molecular flexibility index (Phi) is 6.58. The number of thiocarbonyl (C=S) groups is 1. The molecule has 126 valence electrons. The van der Waals surface area contributed by atoms with Gasteiger partial charge in [0.25, 0.3) is 5.91 Å². The molecule has 0 fully saturated rings. The zero-order valence-corrected chi connectivity index (χ0v) is 15.2. The maximum Gasteiger partial charge on any atom is 0.257 e. The molecule has 0 atom stereocenters. The average molecular weight is 362 g/mol. The Labute approximate surface area is 152 Å². The lowest BCUT2D eigenvalue weighted by Gasteiger charge is -2.21. The Morgan fingerprint density at radius 2 is 1.79 bits per heavy atom. The molecule has 4 nitrogen and oxygen atoms in total. The minimum atomic E-state index is -0.297. The number of benzene rings is 2. The van der Waals surface area contributed by atoms with Crippen molar-refractivity contribution in [1.29, 1.82) is 0 Å². The van der Waals surface area contributed by atoms with E-state index >= 15 is 0 Å². The number of hydrogen-bond donors (Lipinski definition) is 2. The molecule has 0 saturated carbocycles. The van der Waals surface area contributed by atoms with Crippen LogP contribution in [0.4, 0.5) is 11.4 Å². The molecule has 2 N–H and O–H groups in total. The monoisotopic (exact) mass is 361 g/mol. The van der Waals surface area contributed by atoms with Crippen molar-refractivity contribution >= 4 is 46.2 Å². The van der Waals surface area contributed by atoms with Crippen LogP contribution >= 0.6 is 23.8 Å². The quantitative estimate of drug-likeness (QED) is 0.779. The topological polar surface area (TPSA) is 44.4 Å². The molecule has 24 heavy (non-hydrogen) atoms. The van der Waals surface area contributed by atoms with E-state index in [4.69, 9.17) is 23.8 Å². The number of rotatable bonds is 5. The van der Waals surface area contributed by atoms with E-state index in [2.05, 4.69) is 29.4 Å². The Balaban J connectivity index is 1.96. The molecule has 0 heterocycles. The number of hydrogen-bond acceptors (Lipinski definition) is 3. The van der Waals surface area contributed by atoms with Gasteiger partial charge in [-0.15, -0.1) is 0 Å². The van der Waals surface area contributed by atoms with Crippen molar-refractivity contribution < 1.29 is 4.79 Å². The van der Waals surface area contributed by atoms with Crippen LogP contribution < -0.4 is 15.5 Å². The lowest BCUT2D eigenvalue weighted by Crippen LogP contribution is -2.34. The predicted molar refractivity (Wildman–Crippen MR) is 105 cm³/mol. The van der Waals surface area contributed by atoms with E-state index in [0.717, 1.165) is 24.5 Å². The first kappa shape index (κ1) is 18.2. The Morgan fingerprint density at radius 3 is 2.38 bits per heavy atom. The van der Waals surface area contributed by atoms with Crippen LogP contribution in [0.3, 0.4) is 0 Å². The fourth-order valence-electron chi connectivity index (χ4n) is 2.31. The minimum absolute atomic E-state index is 0.246. The number of carbonyl (C=O) groups is 1. The SMILES string of the molecule is CCN(CC)c1ccc(NC(=S)NC(=O)c2cccc(Cl)c2)cc1. The van der Waals surface area contributed by atoms with E-state index in [1.165, 1.54) is 0 Å². The summed E-state index contributed by atoms with van der Waals surface area (Å²) in [6.45, 7) is 6.15. The van der Waals surface area contributed by atoms with Crippen LogP contribution in [0.5, 0.6) is 0 Å². The highest BCUT2D eigenvalue weighted by atomic mass is 35.5. The van der Waals surface area contributed by atoms with Gasteiger partial charge in [0.1, 0.15) is 0 Å². The summed E-state index contributed by atoms with van der Waals surface area (Å²) in [7, 11) is 0. The number of nitrogens with one attached hydrogen (secondary N) is 2. The second-order valence-electron chi connectivity index (χ2n) is 5.14. The highest BCUT2D eigenvalue weighted by molar-refractivity contribution is 7.80. The van der Waals surface area contributed by atoms with Gasteiger partial charge in [-0.3, -0.25) is 10.1 Å². The van der Waals surface area contributed by atoms with Crippen LogP contribution in [0.15, 0.2) is 48.5 Å². The third-order valence-corrected chi connectivity index (χ3v) is 4.01. The Bertz CT molecular complexity index is 714. The van der Waals surface area contributed by atoms with Crippen molar-refractivity contribution in [3.63, 3.8) is 0 Å². The summed E-state index contributed by atoms with van der Waals surface area (Å²) < 4.78 is 0. The molecule has 0 saturated heterocycles. The van der Waals surface area contributed by atoms with Gasteiger partial charge in [0.2, 0.25) is 0 Å². The third-order valence-electron chi connectivity index (χ3n) is 3.57. The third kappa shape index (κ3) is 4.94. The van der Waals surface area contributed by atoms with Crippen molar-refractivity contribution in [1.82, 2.24) is 5.32 Å². The van der Waals surface area contributed by atoms with Gasteiger partial charge in [-0.1, -0.05) is 17.7 Å². The minimum Gasteiger partial charge on any atom is -0.372 e. The molecule has 6 heteroatoms. The van der Waals surface area contributed by atoms with E-state index in [1.54, 1.807) is 24.3 Å². The van der Waals surface area contributed by atoms with Gasteiger partial charge in [-0.2, -0.15) is 0 Å². The molecule has 0 aliphatic heterocycles. The molecule has 0 radical (unpaired) electrons. The van der Waals surface area contributed by atoms with E-state index in [1.807, 2.05) is 24.3 Å². The summed E-state index contributed by atoms with van der Waals surface area (Å²) in [6.07, 6.45) is 0. The molecule has 0 bridgehead atoms. The van der Waals surface area contributed by atoms with Crippen molar-refractivity contribution in [2.24, 2.45) is 0 Å². The summed E-state index contributed by atoms with van der Waals surface area (Å²) in [6, 6.07) is 14.6. The fourth-order valence-corrected chi connectivity index (χ4v) is 2.71. The molecule has 0 aliphatic rings. The van der Waals surface area contributed by atoms with Crippen LogP contribution in [-0.4, -0.2) is 24.1 Å². The maximum absolute atomic E-state index is 12.1. The van der Waals surface area contributed by atoms with Crippen LogP contribution in [0, 0.1) is 0 Å². The molecular weight excluding hydrogens is 342 g/mol. The van der Waals surface area contributed by atoms with E-state index in [9.17, 15) is 4.79 Å². The van der Waals surface area contributed by atoms with Gasteiger partial charge in [0.15, 0.2) is 5.11 Å². The lowest BCUT2D eigenvalue weighted by molar-refractivity contribution is 0.0977. The van der Waals surface area contributed by atoms with Crippen LogP contribution in [0.25, 0.3) is 0 Å². The molecule has 0 unspecified atom stereocenters. The summed E-state index contributed by atoms with van der Waals surface area (Å²) in [5, 5.41) is 6.41. The van der Waals surface area contributed by atoms with Crippen molar-refractivity contribution in [2.75, 3.05) is 23.3 Å². The first-order valence-corrected chi connectivity index (χ1v) is 8.55. The highest BCUT2D eigenvalue weighted by Crippen LogP contribution is 2.17. The van der Waals surface area contributed by atoms with E-state index in [-0.39, 0.29) is 11.0 Å². The lowest BCUT2D eigenvalue weighted by atomic mass is 10.2. The van der Waals surface area contributed by atoms with Crippen molar-refractivity contribution in [2.45, 2.75) is 13.8 Å². The summed E-state index contributed by atoms with van der Waals surface area (Å²) in [5.74, 6) is -0.297. The first-order valence-electron chi connectivity index (χ1n) is 7.76. The largest absolute Gasteiger partial charge is 0.372 e. The number of carbonyl (C=O) groups excluding carboxylic acids is 1. The zero-order chi connectivity index (χ0) is 17.5. The molecular formula is C18H20ClN3OS. The molecule has 1 amide bonds. The molecule has 2 aromatic rings. The van der Waals surface area contributed by atoms with Crippen LogP contribution in [0.2, 0.25) is 5.02 Å². The smallest absolute Gasteiger partial charge is 0.257 e. The molecule has 0 aliphatic carbocycles. The molecule has 2 aromatic carbocycles. The van der Waals surface area contributed by atoms with E-state index < -0.39 is 0 Å². The van der Waals surface area contributed by atoms with Gasteiger partial charge in [0, 0.05) is 35.1 Å². The van der Waals surface area contributed by atoms with E-state index in [0.29, 0.717) is 10.6 Å². The average Bonchev–Trinajstić information content (AvgIpc) is 2.57. The van der Waals surface area contributed by atoms with Gasteiger partial charge < -0.3 is 10.2 Å². The number of amides is 1. The second-order valence-corrected chi connectivity index (χ2v) is 5.98. The second kappa shape index (κ2) is 8.66. The molecule has 0 spiro atoms. The normalized spacial score (nSPS) is 10.1. The highest BCUT2D eigenvalue weighted by Gasteiger charge is 2.08. The number of nitrogens with zero attached hydrogens (tertiary/aromatic N) is 1. The van der Waals surface area contributed by atoms with Gasteiger partial charge >= 0.3 is 0 Å². The zero-order valence-electron chi connectivity index (χ0n) is 13.7. The molecule has 0 aromatic heterocycles. The Hall–Kier alpha value is -2.11.